The number of aryl methyl sites for hydroxylation is 1. The van der Waals surface area contributed by atoms with Gasteiger partial charge in [0.15, 0.2) is 0 Å². The number of amides is 2. The molecule has 3 aliphatic rings. The number of urea groups is 1. The number of nitrogens with one attached hydrogen (secondary N) is 1. The van der Waals surface area contributed by atoms with Gasteiger partial charge in [0.05, 0.1) is 11.3 Å². The Morgan fingerprint density at radius 2 is 1.94 bits per heavy atom. The number of fused-ring (bicyclic) bond motifs is 2. The molecular formula is C23H30F3N7O. The van der Waals surface area contributed by atoms with Crippen LogP contribution in [0.5, 0.6) is 0 Å². The zero-order valence-corrected chi connectivity index (χ0v) is 19.2. The number of rotatable bonds is 3. The molecule has 1 spiro atoms. The van der Waals surface area contributed by atoms with E-state index < -0.39 is 17.6 Å². The lowest BCUT2D eigenvalue weighted by molar-refractivity contribution is -0.137. The van der Waals surface area contributed by atoms with Crippen molar-refractivity contribution < 1.29 is 18.0 Å². The van der Waals surface area contributed by atoms with Gasteiger partial charge in [-0.25, -0.2) is 9.78 Å². The highest BCUT2D eigenvalue weighted by Crippen LogP contribution is 2.44. The number of alkyl halides is 3. The fraction of sp³-hybridized carbons (Fsp3) is 0.609. The fourth-order valence-electron chi connectivity index (χ4n) is 5.51. The third kappa shape index (κ3) is 4.21. The van der Waals surface area contributed by atoms with Crippen molar-refractivity contribution in [3.05, 3.63) is 29.6 Å². The zero-order valence-electron chi connectivity index (χ0n) is 19.2. The van der Waals surface area contributed by atoms with Gasteiger partial charge in [-0.2, -0.15) is 18.3 Å². The third-order valence-corrected chi connectivity index (χ3v) is 7.67. The highest BCUT2D eigenvalue weighted by molar-refractivity contribution is 5.75. The van der Waals surface area contributed by atoms with Gasteiger partial charge < -0.3 is 20.9 Å². The van der Waals surface area contributed by atoms with Crippen LogP contribution in [0.1, 0.15) is 36.9 Å². The van der Waals surface area contributed by atoms with E-state index in [4.69, 9.17) is 5.73 Å². The van der Waals surface area contributed by atoms with Crippen molar-refractivity contribution in [3.8, 4) is 11.3 Å². The third-order valence-electron chi connectivity index (χ3n) is 7.67. The first-order chi connectivity index (χ1) is 16.1. The van der Waals surface area contributed by atoms with E-state index in [1.807, 2.05) is 15.6 Å². The molecule has 34 heavy (non-hydrogen) atoms. The maximum absolute atomic E-state index is 13.3. The monoisotopic (exact) mass is 477 g/mol. The van der Waals surface area contributed by atoms with Crippen molar-refractivity contribution in [3.63, 3.8) is 0 Å². The van der Waals surface area contributed by atoms with E-state index in [0.717, 1.165) is 50.5 Å². The van der Waals surface area contributed by atoms with Crippen molar-refractivity contribution in [1.82, 2.24) is 29.9 Å². The first-order valence-electron chi connectivity index (χ1n) is 11.8. The smallest absolute Gasteiger partial charge is 0.383 e. The Morgan fingerprint density at radius 1 is 1.21 bits per heavy atom. The second-order valence-corrected chi connectivity index (χ2v) is 9.93. The standard InChI is InChI=1S/C23H30F3N7O/c1-31-6-2-15(3-7-31)12-29-21(34)32-8-4-22(14-32)5-9-33-19(22)11-18(30-33)16-10-17(23(24,25)26)20(27)28-13-16/h10-11,13,15H,2-9,12,14H2,1H3,(H2,27,28)(H,29,34)/t22-/m1/s1. The maximum atomic E-state index is 13.3. The van der Waals surface area contributed by atoms with Crippen LogP contribution >= 0.6 is 0 Å². The molecule has 5 rings (SSSR count). The van der Waals surface area contributed by atoms with Crippen molar-refractivity contribution in [2.45, 2.75) is 43.8 Å². The molecule has 2 aromatic rings. The van der Waals surface area contributed by atoms with Gasteiger partial charge in [-0.05, 0) is 63.9 Å². The van der Waals surface area contributed by atoms with Gasteiger partial charge in [-0.3, -0.25) is 4.68 Å². The number of carbonyl (C=O) groups is 1. The second kappa shape index (κ2) is 8.44. The normalized spacial score (nSPS) is 23.6. The summed E-state index contributed by atoms with van der Waals surface area (Å²) in [5.41, 5.74) is 5.96. The Hall–Kier alpha value is -2.82. The number of nitrogens with two attached hydrogens (primary N) is 1. The molecule has 3 N–H and O–H groups in total. The van der Waals surface area contributed by atoms with Crippen LogP contribution in [0.2, 0.25) is 0 Å². The highest BCUT2D eigenvalue weighted by Gasteiger charge is 2.47. The molecule has 3 aliphatic heterocycles. The number of likely N-dealkylation sites (tertiary alicyclic amines) is 2. The summed E-state index contributed by atoms with van der Waals surface area (Å²) < 4.78 is 41.7. The number of pyridine rings is 1. The van der Waals surface area contributed by atoms with Crippen LogP contribution in [0.15, 0.2) is 18.3 Å². The molecule has 2 fully saturated rings. The van der Waals surface area contributed by atoms with Crippen molar-refractivity contribution in [2.75, 3.05) is 45.5 Å². The minimum Gasteiger partial charge on any atom is -0.383 e. The molecule has 0 aromatic carbocycles. The van der Waals surface area contributed by atoms with Crippen molar-refractivity contribution >= 4 is 11.8 Å². The number of nitrogen functional groups attached to an aromatic ring is 1. The van der Waals surface area contributed by atoms with Crippen molar-refractivity contribution in [2.24, 2.45) is 5.92 Å². The molecule has 0 bridgehead atoms. The quantitative estimate of drug-likeness (QED) is 0.709. The molecule has 2 saturated heterocycles. The number of hydrogen-bond acceptors (Lipinski definition) is 5. The average molecular weight is 478 g/mol. The van der Waals surface area contributed by atoms with Gasteiger partial charge in [-0.1, -0.05) is 0 Å². The summed E-state index contributed by atoms with van der Waals surface area (Å²) in [6, 6.07) is 2.82. The molecule has 0 aliphatic carbocycles. The Kier molecular flexibility index (Phi) is 5.70. The number of piperidine rings is 1. The van der Waals surface area contributed by atoms with Gasteiger partial charge in [0.25, 0.3) is 0 Å². The molecule has 0 saturated carbocycles. The van der Waals surface area contributed by atoms with Gasteiger partial charge >= 0.3 is 12.2 Å². The molecule has 0 radical (unpaired) electrons. The number of halogens is 3. The predicted molar refractivity (Wildman–Crippen MR) is 121 cm³/mol. The van der Waals surface area contributed by atoms with Crippen LogP contribution in [-0.2, 0) is 18.1 Å². The summed E-state index contributed by atoms with van der Waals surface area (Å²) in [6.07, 6.45) is 0.615. The van der Waals surface area contributed by atoms with Gasteiger partial charge in [-0.15, -0.1) is 0 Å². The Balaban J connectivity index is 1.28. The molecule has 8 nitrogen and oxygen atoms in total. The molecule has 2 amide bonds. The van der Waals surface area contributed by atoms with Gasteiger partial charge in [0.2, 0.25) is 0 Å². The lowest BCUT2D eigenvalue weighted by atomic mass is 9.82. The zero-order chi connectivity index (χ0) is 24.1. The van der Waals surface area contributed by atoms with Crippen LogP contribution in [0, 0.1) is 5.92 Å². The first-order valence-corrected chi connectivity index (χ1v) is 11.8. The van der Waals surface area contributed by atoms with Crippen LogP contribution in [-0.4, -0.2) is 70.4 Å². The molecule has 2 aromatic heterocycles. The highest BCUT2D eigenvalue weighted by atomic mass is 19.4. The molecule has 11 heteroatoms. The molecule has 1 atom stereocenters. The van der Waals surface area contributed by atoms with E-state index in [0.29, 0.717) is 37.8 Å². The Labute approximate surface area is 196 Å². The van der Waals surface area contributed by atoms with E-state index in [1.165, 1.54) is 6.20 Å². The average Bonchev–Trinajstić information content (AvgIpc) is 3.50. The SMILES string of the molecule is CN1CCC(CNC(=O)N2CC[C@@]3(CCn4nc(-c5cnc(N)c(C(F)(F)F)c5)cc43)C2)CC1. The minimum atomic E-state index is -4.58. The first kappa shape index (κ1) is 22.9. The Morgan fingerprint density at radius 3 is 2.68 bits per heavy atom. The predicted octanol–water partition coefficient (Wildman–Crippen LogP) is 2.94. The Bertz CT molecular complexity index is 1080. The van der Waals surface area contributed by atoms with E-state index in [2.05, 4.69) is 27.3 Å². The summed E-state index contributed by atoms with van der Waals surface area (Å²) >= 11 is 0. The van der Waals surface area contributed by atoms with Crippen LogP contribution in [0.3, 0.4) is 0 Å². The maximum Gasteiger partial charge on any atom is 0.419 e. The van der Waals surface area contributed by atoms with Gasteiger partial charge in [0.1, 0.15) is 5.82 Å². The summed E-state index contributed by atoms with van der Waals surface area (Å²) in [6.45, 7) is 4.74. The van der Waals surface area contributed by atoms with E-state index in [9.17, 15) is 18.0 Å². The molecule has 0 unspecified atom stereocenters. The fourth-order valence-corrected chi connectivity index (χ4v) is 5.51. The van der Waals surface area contributed by atoms with E-state index in [-0.39, 0.29) is 17.0 Å². The largest absolute Gasteiger partial charge is 0.419 e. The summed E-state index contributed by atoms with van der Waals surface area (Å²) in [7, 11) is 2.12. The van der Waals surface area contributed by atoms with Crippen molar-refractivity contribution in [1.29, 1.82) is 0 Å². The second-order valence-electron chi connectivity index (χ2n) is 9.93. The minimum absolute atomic E-state index is 0.0356. The van der Waals surface area contributed by atoms with Crippen LogP contribution < -0.4 is 11.1 Å². The van der Waals surface area contributed by atoms with E-state index >= 15 is 0 Å². The molecular weight excluding hydrogens is 447 g/mol. The molecule has 5 heterocycles. The number of aromatic nitrogens is 3. The summed E-state index contributed by atoms with van der Waals surface area (Å²) in [5, 5.41) is 7.67. The number of carbonyl (C=O) groups excluding carboxylic acids is 1. The number of hydrogen-bond donors (Lipinski definition) is 2. The molecule has 184 valence electrons. The van der Waals surface area contributed by atoms with Crippen LogP contribution in [0.4, 0.5) is 23.8 Å². The lowest BCUT2D eigenvalue weighted by Crippen LogP contribution is -2.43. The van der Waals surface area contributed by atoms with Gasteiger partial charge in [0, 0.05) is 49.0 Å². The number of anilines is 1. The topological polar surface area (TPSA) is 92.3 Å². The lowest BCUT2D eigenvalue weighted by Gasteiger charge is -2.29. The summed E-state index contributed by atoms with van der Waals surface area (Å²) in [4.78, 5) is 20.8. The summed E-state index contributed by atoms with van der Waals surface area (Å²) in [5.74, 6) is -0.0283. The van der Waals surface area contributed by atoms with Crippen LogP contribution in [0.25, 0.3) is 11.3 Å². The van der Waals surface area contributed by atoms with E-state index in [1.54, 1.807) is 0 Å². The number of nitrogens with zero attached hydrogens (tertiary/aromatic N) is 5.